The van der Waals surface area contributed by atoms with Crippen molar-refractivity contribution >= 4 is 23.6 Å². The van der Waals surface area contributed by atoms with Crippen LogP contribution in [0.1, 0.15) is 83.1 Å². The molecule has 2 saturated carbocycles. The van der Waals surface area contributed by atoms with Crippen molar-refractivity contribution in [1.29, 1.82) is 0 Å². The molecule has 1 aromatic carbocycles. The summed E-state index contributed by atoms with van der Waals surface area (Å²) in [4.78, 5) is 49.2. The summed E-state index contributed by atoms with van der Waals surface area (Å²) in [5.41, 5.74) is 4.64. The molecule has 4 aliphatic rings. The average Bonchev–Trinajstić information content (AvgIpc) is 3.22. The van der Waals surface area contributed by atoms with Crippen LogP contribution in [0, 0.1) is 23.2 Å². The van der Waals surface area contributed by atoms with Gasteiger partial charge in [0.2, 0.25) is 0 Å². The molecule has 1 aromatic rings. The van der Waals surface area contributed by atoms with E-state index in [2.05, 4.69) is 12.2 Å². The van der Waals surface area contributed by atoms with Gasteiger partial charge in [-0.15, -0.1) is 0 Å². The molecule has 0 saturated heterocycles. The number of allylic oxidation sites excluding steroid dienone is 4. The molecule has 2 fully saturated rings. The number of nitrogens with one attached hydrogen (secondary N) is 1. The van der Waals surface area contributed by atoms with Gasteiger partial charge in [-0.05, 0) is 85.5 Å². The predicted octanol–water partition coefficient (Wildman–Crippen LogP) is 5.93. The summed E-state index contributed by atoms with van der Waals surface area (Å²) in [6.07, 6.45) is 9.57. The van der Waals surface area contributed by atoms with Crippen LogP contribution in [-0.4, -0.2) is 34.8 Å². The maximum Gasteiger partial charge on any atom is 0.408 e. The predicted molar refractivity (Wildman–Crippen MR) is 146 cm³/mol. The minimum Gasteiger partial charge on any atom is -0.480 e. The monoisotopic (exact) mass is 533 g/mol. The van der Waals surface area contributed by atoms with Crippen LogP contribution in [-0.2, 0) is 25.7 Å². The number of carbonyl (C=O) groups is 4. The Bertz CT molecular complexity index is 1200. The molecule has 0 spiro atoms. The zero-order valence-corrected chi connectivity index (χ0v) is 22.7. The van der Waals surface area contributed by atoms with Crippen LogP contribution in [0.5, 0.6) is 0 Å². The summed E-state index contributed by atoms with van der Waals surface area (Å²) in [6, 6.07) is 8.24. The first kappa shape index (κ1) is 27.4. The number of carboxylic acids is 1. The van der Waals surface area contributed by atoms with Gasteiger partial charge in [0.1, 0.15) is 18.4 Å². The van der Waals surface area contributed by atoms with Gasteiger partial charge in [-0.3, -0.25) is 9.59 Å². The molecule has 7 nitrogen and oxygen atoms in total. The number of hydrogen-bond acceptors (Lipinski definition) is 5. The molecule has 5 rings (SSSR count). The molecule has 0 heterocycles. The second-order valence-corrected chi connectivity index (χ2v) is 12.0. The number of carbonyl (C=O) groups excluding carboxylic acids is 3. The molecular formula is C32H39NO6. The molecule has 1 unspecified atom stereocenters. The number of fused-ring (bicyclic) bond motifs is 4. The highest BCUT2D eigenvalue weighted by atomic mass is 16.5. The first-order chi connectivity index (χ1) is 18.8. The van der Waals surface area contributed by atoms with Crippen molar-refractivity contribution in [1.82, 2.24) is 5.32 Å². The van der Waals surface area contributed by atoms with Crippen molar-refractivity contribution in [3.05, 3.63) is 58.7 Å². The fraction of sp³-hybridized carbons (Fsp3) is 0.562. The standard InChI is InChI=1S/C32H39NO6/c1-32-18-22(9-5-6-10-27(30(36)37)33-31(38)39-19-20-7-3-2-4-8-20)29-24-14-12-23(34)17-21(24)11-13-25(29)26(32)15-16-28(32)35/h2-4,7-8,17,22,25-27H,5-6,9-16,18-19H2,1H3,(H,33,38)(H,36,37)/t22-,25-,26-,27?,32-/m0/s1. The van der Waals surface area contributed by atoms with Crippen molar-refractivity contribution in [2.24, 2.45) is 23.2 Å². The minimum absolute atomic E-state index is 0.0832. The van der Waals surface area contributed by atoms with E-state index < -0.39 is 18.1 Å². The molecule has 1 amide bonds. The molecule has 0 bridgehead atoms. The van der Waals surface area contributed by atoms with Crippen molar-refractivity contribution in [3.8, 4) is 0 Å². The number of benzene rings is 1. The highest BCUT2D eigenvalue weighted by Gasteiger charge is 2.56. The van der Waals surface area contributed by atoms with E-state index >= 15 is 0 Å². The van der Waals surface area contributed by atoms with Gasteiger partial charge in [-0.1, -0.05) is 55.7 Å². The molecule has 39 heavy (non-hydrogen) atoms. The smallest absolute Gasteiger partial charge is 0.408 e. The molecule has 2 N–H and O–H groups in total. The second kappa shape index (κ2) is 11.5. The lowest BCUT2D eigenvalue weighted by molar-refractivity contribution is -0.139. The number of aliphatic carboxylic acids is 1. The largest absolute Gasteiger partial charge is 0.480 e. The number of ketones is 2. The minimum atomic E-state index is -1.07. The summed E-state index contributed by atoms with van der Waals surface area (Å²) in [7, 11) is 0. The Hall–Kier alpha value is -3.22. The van der Waals surface area contributed by atoms with E-state index in [0.717, 1.165) is 50.5 Å². The van der Waals surface area contributed by atoms with Crippen molar-refractivity contribution in [3.63, 3.8) is 0 Å². The number of amides is 1. The number of carboxylic acid groups (broad SMARTS) is 1. The van der Waals surface area contributed by atoms with Crippen LogP contribution in [0.25, 0.3) is 0 Å². The Balaban J connectivity index is 1.22. The number of unbranched alkanes of at least 4 members (excludes halogenated alkanes) is 1. The number of ether oxygens (including phenoxy) is 1. The van der Waals surface area contributed by atoms with Gasteiger partial charge in [0, 0.05) is 18.3 Å². The van der Waals surface area contributed by atoms with Gasteiger partial charge in [0.05, 0.1) is 0 Å². The highest BCUT2D eigenvalue weighted by molar-refractivity contribution is 5.93. The summed E-state index contributed by atoms with van der Waals surface area (Å²) >= 11 is 0. The van der Waals surface area contributed by atoms with Crippen LogP contribution in [0.2, 0.25) is 0 Å². The number of Topliss-reactive ketones (excluding diaryl/α,β-unsaturated/α-hetero) is 1. The van der Waals surface area contributed by atoms with Gasteiger partial charge in [-0.2, -0.15) is 0 Å². The van der Waals surface area contributed by atoms with E-state index in [0.29, 0.717) is 43.3 Å². The molecule has 0 aromatic heterocycles. The molecule has 5 atom stereocenters. The Labute approximate surface area is 230 Å². The van der Waals surface area contributed by atoms with Crippen molar-refractivity contribution in [2.45, 2.75) is 90.2 Å². The maximum absolute atomic E-state index is 13.0. The number of alkyl carbamates (subject to hydrolysis) is 1. The van der Waals surface area contributed by atoms with Crippen molar-refractivity contribution in [2.75, 3.05) is 0 Å². The zero-order chi connectivity index (χ0) is 27.6. The topological polar surface area (TPSA) is 110 Å². The van der Waals surface area contributed by atoms with Crippen LogP contribution < -0.4 is 5.32 Å². The Morgan fingerprint density at radius 1 is 1.08 bits per heavy atom. The van der Waals surface area contributed by atoms with E-state index in [1.807, 2.05) is 36.4 Å². The highest BCUT2D eigenvalue weighted by Crippen LogP contribution is 2.61. The average molecular weight is 534 g/mol. The molecular weight excluding hydrogens is 494 g/mol. The first-order valence-electron chi connectivity index (χ1n) is 14.5. The summed E-state index contributed by atoms with van der Waals surface area (Å²) < 4.78 is 5.21. The number of rotatable bonds is 9. The third-order valence-corrected chi connectivity index (χ3v) is 9.65. The fourth-order valence-electron chi connectivity index (χ4n) is 7.76. The van der Waals surface area contributed by atoms with Gasteiger partial charge in [0.25, 0.3) is 0 Å². The Kier molecular flexibility index (Phi) is 8.06. The van der Waals surface area contributed by atoms with E-state index in [9.17, 15) is 24.3 Å². The van der Waals surface area contributed by atoms with E-state index in [1.54, 1.807) is 0 Å². The second-order valence-electron chi connectivity index (χ2n) is 12.0. The normalized spacial score (nSPS) is 28.6. The van der Waals surface area contributed by atoms with E-state index in [4.69, 9.17) is 4.74 Å². The van der Waals surface area contributed by atoms with Crippen LogP contribution in [0.15, 0.2) is 53.1 Å². The molecule has 7 heteroatoms. The lowest BCUT2D eigenvalue weighted by atomic mass is 9.53. The Morgan fingerprint density at radius 3 is 2.64 bits per heavy atom. The summed E-state index contributed by atoms with van der Waals surface area (Å²) in [5.74, 6) is 0.618. The van der Waals surface area contributed by atoms with Crippen LogP contribution >= 0.6 is 0 Å². The molecule has 208 valence electrons. The third kappa shape index (κ3) is 5.73. The van der Waals surface area contributed by atoms with Gasteiger partial charge < -0.3 is 15.2 Å². The van der Waals surface area contributed by atoms with Gasteiger partial charge in [-0.25, -0.2) is 9.59 Å². The van der Waals surface area contributed by atoms with Crippen LogP contribution in [0.4, 0.5) is 4.79 Å². The molecule has 0 aliphatic heterocycles. The van der Waals surface area contributed by atoms with E-state index in [-0.39, 0.29) is 23.7 Å². The van der Waals surface area contributed by atoms with Gasteiger partial charge >= 0.3 is 12.1 Å². The number of hydrogen-bond donors (Lipinski definition) is 2. The zero-order valence-electron chi connectivity index (χ0n) is 22.7. The molecule has 4 aliphatic carbocycles. The van der Waals surface area contributed by atoms with Crippen LogP contribution in [0.3, 0.4) is 0 Å². The lowest BCUT2D eigenvalue weighted by Gasteiger charge is -2.50. The maximum atomic E-state index is 13.0. The van der Waals surface area contributed by atoms with E-state index in [1.165, 1.54) is 16.7 Å². The third-order valence-electron chi connectivity index (χ3n) is 9.65. The molecule has 0 radical (unpaired) electrons. The fourth-order valence-corrected chi connectivity index (χ4v) is 7.76. The van der Waals surface area contributed by atoms with Crippen molar-refractivity contribution < 1.29 is 29.0 Å². The quantitative estimate of drug-likeness (QED) is 0.381. The van der Waals surface area contributed by atoms with Gasteiger partial charge in [0.15, 0.2) is 5.78 Å². The lowest BCUT2D eigenvalue weighted by Crippen LogP contribution is -2.44. The first-order valence-corrected chi connectivity index (χ1v) is 14.5. The Morgan fingerprint density at radius 2 is 1.87 bits per heavy atom. The summed E-state index contributed by atoms with van der Waals surface area (Å²) in [5, 5.41) is 12.2. The SMILES string of the molecule is C[C@]12C[C@H](CCCCC(NC(=O)OCc3ccccc3)C(=O)O)C3=C4CCC(=O)C=C4CC[C@H]3[C@@H]1CCC2=O. The summed E-state index contributed by atoms with van der Waals surface area (Å²) in [6.45, 7) is 2.25.